The molecule has 0 aromatic carbocycles. The smallest absolute Gasteiger partial charge is 0.306 e. The predicted octanol–water partition coefficient (Wildman–Crippen LogP) is 21.8. The Morgan fingerprint density at radius 2 is 0.507 bits per heavy atom. The third kappa shape index (κ3) is 60.1. The Morgan fingerprint density at radius 1 is 0.274 bits per heavy atom. The molecule has 426 valence electrons. The van der Waals surface area contributed by atoms with Gasteiger partial charge < -0.3 is 14.2 Å². The summed E-state index contributed by atoms with van der Waals surface area (Å²) in [7, 11) is 0. The van der Waals surface area contributed by atoms with Crippen molar-refractivity contribution in [2.24, 2.45) is 0 Å². The summed E-state index contributed by atoms with van der Waals surface area (Å²) < 4.78 is 16.9. The molecule has 0 amide bonds. The predicted molar refractivity (Wildman–Crippen MR) is 316 cm³/mol. The van der Waals surface area contributed by atoms with Gasteiger partial charge in [0.25, 0.3) is 0 Å². The van der Waals surface area contributed by atoms with E-state index in [9.17, 15) is 14.4 Å². The highest BCUT2D eigenvalue weighted by Crippen LogP contribution is 2.17. The number of unbranched alkanes of at least 4 members (excludes halogenated alkanes) is 40. The molecule has 0 saturated heterocycles. The lowest BCUT2D eigenvalue weighted by Crippen LogP contribution is -2.30. The summed E-state index contributed by atoms with van der Waals surface area (Å²) in [6.45, 7) is 6.64. The molecule has 0 aliphatic carbocycles. The van der Waals surface area contributed by atoms with Crippen molar-refractivity contribution < 1.29 is 28.6 Å². The molecule has 73 heavy (non-hydrogen) atoms. The summed E-state index contributed by atoms with van der Waals surface area (Å²) in [6, 6.07) is 0. The Balaban J connectivity index is 4.39. The Morgan fingerprint density at radius 3 is 0.836 bits per heavy atom. The molecule has 0 radical (unpaired) electrons. The van der Waals surface area contributed by atoms with Gasteiger partial charge in [0.1, 0.15) is 13.2 Å². The number of rotatable bonds is 59. The number of ether oxygens (including phenoxy) is 3. The van der Waals surface area contributed by atoms with Crippen LogP contribution in [-0.2, 0) is 28.6 Å². The zero-order valence-electron chi connectivity index (χ0n) is 48.9. The fourth-order valence-corrected chi connectivity index (χ4v) is 9.46. The van der Waals surface area contributed by atoms with E-state index in [4.69, 9.17) is 14.2 Å². The number of hydrogen-bond acceptors (Lipinski definition) is 6. The Bertz CT molecular complexity index is 1270. The molecule has 0 unspecified atom stereocenters. The lowest BCUT2D eigenvalue weighted by molar-refractivity contribution is -0.167. The van der Waals surface area contributed by atoms with Gasteiger partial charge in [0.2, 0.25) is 0 Å². The maximum Gasteiger partial charge on any atom is 0.306 e. The maximum absolute atomic E-state index is 12.9. The van der Waals surface area contributed by atoms with E-state index >= 15 is 0 Å². The van der Waals surface area contributed by atoms with Gasteiger partial charge >= 0.3 is 17.9 Å². The van der Waals surface area contributed by atoms with Gasteiger partial charge in [0, 0.05) is 19.3 Å². The molecule has 0 N–H and O–H groups in total. The highest BCUT2D eigenvalue weighted by atomic mass is 16.6. The molecule has 6 heteroatoms. The first-order valence-corrected chi connectivity index (χ1v) is 32.1. The SMILES string of the molecule is CCCCCCCC/C=C\C/C=C\C/C=C\CCCC(=O)OC[C@@H](COC(=O)CCCCCCCCCCC/C=C\CCCCCCCC)OC(=O)CCCCCCCCCCCCCCCCCCCCC. The van der Waals surface area contributed by atoms with Gasteiger partial charge in [-0.2, -0.15) is 0 Å². The van der Waals surface area contributed by atoms with Crippen LogP contribution in [0.15, 0.2) is 48.6 Å². The number of allylic oxidation sites excluding steroid dienone is 8. The van der Waals surface area contributed by atoms with E-state index in [0.717, 1.165) is 57.8 Å². The third-order valence-corrected chi connectivity index (χ3v) is 14.3. The van der Waals surface area contributed by atoms with Crippen LogP contribution in [-0.4, -0.2) is 37.2 Å². The number of carbonyl (C=O) groups is 3. The molecule has 0 aromatic heterocycles. The van der Waals surface area contributed by atoms with E-state index in [1.165, 1.54) is 238 Å². The van der Waals surface area contributed by atoms with Crippen LogP contribution in [0.3, 0.4) is 0 Å². The molecule has 0 bridgehead atoms. The molecule has 0 spiro atoms. The lowest BCUT2D eigenvalue weighted by Gasteiger charge is -2.18. The Hall–Kier alpha value is -2.63. The zero-order valence-corrected chi connectivity index (χ0v) is 48.9. The van der Waals surface area contributed by atoms with Crippen LogP contribution in [0, 0.1) is 0 Å². The van der Waals surface area contributed by atoms with E-state index in [0.29, 0.717) is 25.7 Å². The monoisotopic (exact) mass is 1020 g/mol. The highest BCUT2D eigenvalue weighted by molar-refractivity contribution is 5.71. The van der Waals surface area contributed by atoms with Crippen molar-refractivity contribution in [2.45, 2.75) is 348 Å². The first-order chi connectivity index (χ1) is 36.0. The van der Waals surface area contributed by atoms with Gasteiger partial charge in [-0.1, -0.05) is 294 Å². The maximum atomic E-state index is 12.9. The summed E-state index contributed by atoms with van der Waals surface area (Å²) in [4.78, 5) is 38.3. The van der Waals surface area contributed by atoms with E-state index < -0.39 is 6.10 Å². The average molecular weight is 1020 g/mol. The first kappa shape index (κ1) is 70.4. The largest absolute Gasteiger partial charge is 0.462 e. The normalized spacial score (nSPS) is 12.3. The van der Waals surface area contributed by atoms with Crippen molar-refractivity contribution in [3.63, 3.8) is 0 Å². The number of esters is 3. The van der Waals surface area contributed by atoms with Crippen molar-refractivity contribution in [1.82, 2.24) is 0 Å². The molecule has 6 nitrogen and oxygen atoms in total. The highest BCUT2D eigenvalue weighted by Gasteiger charge is 2.19. The van der Waals surface area contributed by atoms with E-state index in [1.807, 2.05) is 0 Å². The molecule has 0 aliphatic rings. The lowest BCUT2D eigenvalue weighted by atomic mass is 10.0. The molecule has 0 saturated carbocycles. The fraction of sp³-hybridized carbons (Fsp3) is 0.836. The fourth-order valence-electron chi connectivity index (χ4n) is 9.46. The quantitative estimate of drug-likeness (QED) is 0.0261. The Labute approximate surface area is 454 Å². The van der Waals surface area contributed by atoms with Crippen LogP contribution in [0.1, 0.15) is 342 Å². The summed E-state index contributed by atoms with van der Waals surface area (Å²) in [6.07, 6.45) is 76.9. The summed E-state index contributed by atoms with van der Waals surface area (Å²) in [5, 5.41) is 0. The van der Waals surface area contributed by atoms with Gasteiger partial charge in [-0.15, -0.1) is 0 Å². The van der Waals surface area contributed by atoms with Crippen LogP contribution in [0.4, 0.5) is 0 Å². The molecule has 0 fully saturated rings. The van der Waals surface area contributed by atoms with Crippen LogP contribution in [0.25, 0.3) is 0 Å². The minimum atomic E-state index is -0.793. The molecular weight excluding hydrogens is 901 g/mol. The van der Waals surface area contributed by atoms with E-state index in [2.05, 4.69) is 69.4 Å². The third-order valence-electron chi connectivity index (χ3n) is 14.3. The minimum Gasteiger partial charge on any atom is -0.462 e. The van der Waals surface area contributed by atoms with Gasteiger partial charge in [0.15, 0.2) is 6.10 Å². The standard InChI is InChI=1S/C67H122O6/c1-4-7-10-13-16-19-22-25-28-31-33-36-39-42-45-48-51-54-57-60-66(69)72-63-64(62-71-65(68)59-56-53-50-47-44-41-38-35-30-27-24-21-18-15-12-9-6-3)73-67(70)61-58-55-52-49-46-43-40-37-34-32-29-26-23-20-17-14-11-8-5-2/h25,27-28,30,38,41,47,50,64H,4-24,26,29,31-37,39-40,42-46,48-49,51-63H2,1-3H3/b28-25-,30-27-,41-38-,50-47-/t64-/m0/s1. The average Bonchev–Trinajstić information content (AvgIpc) is 3.39. The molecule has 1 atom stereocenters. The van der Waals surface area contributed by atoms with Crippen molar-refractivity contribution in [3.8, 4) is 0 Å². The number of hydrogen-bond donors (Lipinski definition) is 0. The van der Waals surface area contributed by atoms with Crippen LogP contribution in [0.5, 0.6) is 0 Å². The van der Waals surface area contributed by atoms with Crippen LogP contribution >= 0.6 is 0 Å². The van der Waals surface area contributed by atoms with E-state index in [1.54, 1.807) is 0 Å². The summed E-state index contributed by atoms with van der Waals surface area (Å²) >= 11 is 0. The first-order valence-electron chi connectivity index (χ1n) is 32.1. The van der Waals surface area contributed by atoms with Gasteiger partial charge in [-0.25, -0.2) is 0 Å². The van der Waals surface area contributed by atoms with Crippen LogP contribution < -0.4 is 0 Å². The van der Waals surface area contributed by atoms with Crippen molar-refractivity contribution in [1.29, 1.82) is 0 Å². The zero-order chi connectivity index (χ0) is 52.9. The van der Waals surface area contributed by atoms with Gasteiger partial charge in [-0.05, 0) is 77.0 Å². The topological polar surface area (TPSA) is 78.9 Å². The molecule has 0 heterocycles. The van der Waals surface area contributed by atoms with Crippen molar-refractivity contribution in [2.75, 3.05) is 13.2 Å². The minimum absolute atomic E-state index is 0.0862. The molecule has 0 aromatic rings. The van der Waals surface area contributed by atoms with Crippen molar-refractivity contribution >= 4 is 17.9 Å². The van der Waals surface area contributed by atoms with Gasteiger partial charge in [-0.3, -0.25) is 14.4 Å². The van der Waals surface area contributed by atoms with E-state index in [-0.39, 0.29) is 31.1 Å². The Kier molecular flexibility index (Phi) is 59.7. The summed E-state index contributed by atoms with van der Waals surface area (Å²) in [5.74, 6) is -0.921. The molecular formula is C67H122O6. The number of carbonyl (C=O) groups excluding carboxylic acids is 3. The van der Waals surface area contributed by atoms with Crippen molar-refractivity contribution in [3.05, 3.63) is 48.6 Å². The van der Waals surface area contributed by atoms with Gasteiger partial charge in [0.05, 0.1) is 0 Å². The second kappa shape index (κ2) is 61.9. The molecule has 0 aliphatic heterocycles. The van der Waals surface area contributed by atoms with Crippen LogP contribution in [0.2, 0.25) is 0 Å². The molecule has 0 rings (SSSR count). The second-order valence-corrected chi connectivity index (χ2v) is 21.7. The summed E-state index contributed by atoms with van der Waals surface area (Å²) in [5.41, 5.74) is 0. The second-order valence-electron chi connectivity index (χ2n) is 21.7.